The Labute approximate surface area is 184 Å². The van der Waals surface area contributed by atoms with Gasteiger partial charge in [0.15, 0.2) is 5.82 Å². The highest BCUT2D eigenvalue weighted by Gasteiger charge is 2.17. The van der Waals surface area contributed by atoms with E-state index in [0.717, 1.165) is 38.5 Å². The lowest BCUT2D eigenvalue weighted by Crippen LogP contribution is -2.13. The van der Waals surface area contributed by atoms with Crippen molar-refractivity contribution in [1.29, 1.82) is 0 Å². The van der Waals surface area contributed by atoms with Gasteiger partial charge in [-0.25, -0.2) is 9.55 Å². The molecule has 1 aromatic rings. The van der Waals surface area contributed by atoms with Crippen molar-refractivity contribution < 1.29 is 24.4 Å². The predicted octanol–water partition coefficient (Wildman–Crippen LogP) is 5.19. The van der Waals surface area contributed by atoms with E-state index in [1.165, 1.54) is 49.3 Å². The smallest absolute Gasteiger partial charge is 0.342 e. The number of esters is 1. The second-order valence-corrected chi connectivity index (χ2v) is 7.93. The van der Waals surface area contributed by atoms with E-state index < -0.39 is 10.9 Å². The van der Waals surface area contributed by atoms with Crippen LogP contribution in [0.15, 0.2) is 6.20 Å². The van der Waals surface area contributed by atoms with Gasteiger partial charge in [0.25, 0.3) is 0 Å². The van der Waals surface area contributed by atoms with E-state index in [9.17, 15) is 19.7 Å². The van der Waals surface area contributed by atoms with E-state index >= 15 is 0 Å². The Morgan fingerprint density at radius 1 is 0.968 bits per heavy atom. The summed E-state index contributed by atoms with van der Waals surface area (Å²) >= 11 is 0. The zero-order chi connectivity index (χ0) is 22.9. The van der Waals surface area contributed by atoms with Crippen LogP contribution in [0.1, 0.15) is 95.7 Å². The van der Waals surface area contributed by atoms with Gasteiger partial charge in [-0.1, -0.05) is 64.2 Å². The highest BCUT2D eigenvalue weighted by Crippen LogP contribution is 2.14. The summed E-state index contributed by atoms with van der Waals surface area (Å²) in [5.74, 6) is -0.530. The third-order valence-corrected chi connectivity index (χ3v) is 5.32. The maximum Gasteiger partial charge on any atom is 0.342 e. The average molecular weight is 440 g/mol. The van der Waals surface area contributed by atoms with E-state index in [0.29, 0.717) is 12.2 Å². The summed E-state index contributed by atoms with van der Waals surface area (Å²) in [6.45, 7) is 2.02. The normalized spacial score (nSPS) is 10.9. The number of carboxylic acid groups (broad SMARTS) is 1. The molecule has 0 fully saturated rings. The third-order valence-electron chi connectivity index (χ3n) is 5.32. The minimum Gasteiger partial charge on any atom is -0.481 e. The van der Waals surface area contributed by atoms with Crippen molar-refractivity contribution in [2.45, 2.75) is 103 Å². The lowest BCUT2D eigenvalue weighted by molar-refractivity contribution is -0.392. The predicted molar refractivity (Wildman–Crippen MR) is 117 cm³/mol. The molecule has 0 amide bonds. The molecular formula is C22H37N3O6. The van der Waals surface area contributed by atoms with Gasteiger partial charge in [0.05, 0.1) is 0 Å². The standard InChI is InChI=1S/C22H37N3O6/c1-19-23-18-20(25(29)30)24(19)16-17-31-22(28)15-13-11-9-7-5-3-2-4-6-8-10-12-14-21(26)27/h18H,2-17H2,1H3,(H,26,27). The number of aromatic nitrogens is 2. The van der Waals surface area contributed by atoms with Gasteiger partial charge < -0.3 is 20.0 Å². The molecule has 9 heteroatoms. The van der Waals surface area contributed by atoms with Gasteiger partial charge in [-0.2, -0.15) is 0 Å². The number of hydrogen-bond acceptors (Lipinski definition) is 6. The molecule has 9 nitrogen and oxygen atoms in total. The Morgan fingerprint density at radius 2 is 1.45 bits per heavy atom. The summed E-state index contributed by atoms with van der Waals surface area (Å²) < 4.78 is 6.62. The SMILES string of the molecule is Cc1ncc([N+](=O)[O-])n1CCOC(=O)CCCCCCCCCCCCCCC(=O)O. The molecule has 0 aliphatic heterocycles. The molecule has 1 N–H and O–H groups in total. The highest BCUT2D eigenvalue weighted by molar-refractivity contribution is 5.69. The van der Waals surface area contributed by atoms with Crippen LogP contribution in [0.4, 0.5) is 5.82 Å². The lowest BCUT2D eigenvalue weighted by Gasteiger charge is -2.06. The quantitative estimate of drug-likeness (QED) is 0.136. The molecule has 0 unspecified atom stereocenters. The fourth-order valence-corrected chi connectivity index (χ4v) is 3.51. The van der Waals surface area contributed by atoms with Gasteiger partial charge in [0.2, 0.25) is 0 Å². The summed E-state index contributed by atoms with van der Waals surface area (Å²) in [6.07, 6.45) is 15.0. The van der Waals surface area contributed by atoms with E-state index in [2.05, 4.69) is 4.98 Å². The van der Waals surface area contributed by atoms with Crippen LogP contribution in [0, 0.1) is 17.0 Å². The Morgan fingerprint density at radius 3 is 1.94 bits per heavy atom. The summed E-state index contributed by atoms with van der Waals surface area (Å²) in [4.78, 5) is 36.6. The van der Waals surface area contributed by atoms with Crippen LogP contribution in [0.5, 0.6) is 0 Å². The monoisotopic (exact) mass is 439 g/mol. The maximum atomic E-state index is 11.8. The van der Waals surface area contributed by atoms with E-state index in [4.69, 9.17) is 9.84 Å². The van der Waals surface area contributed by atoms with Crippen LogP contribution in [-0.2, 0) is 20.9 Å². The molecule has 1 aromatic heterocycles. The largest absolute Gasteiger partial charge is 0.481 e. The number of unbranched alkanes of at least 4 members (excludes halogenated alkanes) is 11. The minimum absolute atomic E-state index is 0.0933. The topological polar surface area (TPSA) is 125 Å². The first-order chi connectivity index (χ1) is 14.9. The second-order valence-electron chi connectivity index (χ2n) is 7.93. The Hall–Kier alpha value is -2.45. The zero-order valence-corrected chi connectivity index (χ0v) is 18.7. The van der Waals surface area contributed by atoms with Crippen molar-refractivity contribution in [3.8, 4) is 0 Å². The average Bonchev–Trinajstić information content (AvgIpc) is 3.08. The molecule has 0 aromatic carbocycles. The molecule has 0 aliphatic rings. The highest BCUT2D eigenvalue weighted by atomic mass is 16.6. The van der Waals surface area contributed by atoms with Crippen LogP contribution in [0.3, 0.4) is 0 Å². The first-order valence-electron chi connectivity index (χ1n) is 11.5. The number of carbonyl (C=O) groups excluding carboxylic acids is 1. The second kappa shape index (κ2) is 16.3. The molecular weight excluding hydrogens is 402 g/mol. The van der Waals surface area contributed by atoms with Gasteiger partial charge in [-0.05, 0) is 17.8 Å². The van der Waals surface area contributed by atoms with Gasteiger partial charge in [-0.15, -0.1) is 0 Å². The molecule has 0 spiro atoms. The van der Waals surface area contributed by atoms with Crippen LogP contribution in [0.25, 0.3) is 0 Å². The van der Waals surface area contributed by atoms with Crippen molar-refractivity contribution >= 4 is 17.8 Å². The number of carboxylic acids is 1. The van der Waals surface area contributed by atoms with Gasteiger partial charge in [-0.3, -0.25) is 9.59 Å². The minimum atomic E-state index is -0.703. The third kappa shape index (κ3) is 12.8. The molecule has 176 valence electrons. The number of nitro groups is 1. The molecule has 1 heterocycles. The number of rotatable bonds is 19. The lowest BCUT2D eigenvalue weighted by atomic mass is 10.0. The van der Waals surface area contributed by atoms with Crippen LogP contribution < -0.4 is 0 Å². The Balaban J connectivity index is 1.90. The number of aliphatic carboxylic acids is 1. The summed E-state index contributed by atoms with van der Waals surface area (Å²) in [7, 11) is 0. The number of imidazole rings is 1. The number of carbonyl (C=O) groups is 2. The maximum absolute atomic E-state index is 11.8. The fraction of sp³-hybridized carbons (Fsp3) is 0.773. The number of aryl methyl sites for hydroxylation is 1. The molecule has 0 bridgehead atoms. The summed E-state index contributed by atoms with van der Waals surface area (Å²) in [5.41, 5.74) is 0. The van der Waals surface area contributed by atoms with Crippen molar-refractivity contribution in [3.05, 3.63) is 22.1 Å². The van der Waals surface area contributed by atoms with Gasteiger partial charge >= 0.3 is 17.8 Å². The number of hydrogen-bond donors (Lipinski definition) is 1. The van der Waals surface area contributed by atoms with Crippen molar-refractivity contribution in [1.82, 2.24) is 9.55 Å². The number of ether oxygens (including phenoxy) is 1. The van der Waals surface area contributed by atoms with Crippen molar-refractivity contribution in [2.75, 3.05) is 6.61 Å². The molecule has 0 radical (unpaired) electrons. The van der Waals surface area contributed by atoms with Crippen LogP contribution in [-0.4, -0.2) is 38.1 Å². The van der Waals surface area contributed by atoms with Crippen LogP contribution >= 0.6 is 0 Å². The van der Waals surface area contributed by atoms with Gasteiger partial charge in [0, 0.05) is 19.8 Å². The molecule has 31 heavy (non-hydrogen) atoms. The molecule has 1 rings (SSSR count). The fourth-order valence-electron chi connectivity index (χ4n) is 3.51. The van der Waals surface area contributed by atoms with E-state index in [1.807, 2.05) is 0 Å². The summed E-state index contributed by atoms with van der Waals surface area (Å²) in [6, 6.07) is 0. The first kappa shape index (κ1) is 26.6. The van der Waals surface area contributed by atoms with E-state index in [-0.39, 0.29) is 31.4 Å². The van der Waals surface area contributed by atoms with Crippen molar-refractivity contribution in [2.24, 2.45) is 0 Å². The Bertz CT molecular complexity index is 674. The Kier molecular flexibility index (Phi) is 14.0. The van der Waals surface area contributed by atoms with Gasteiger partial charge in [0.1, 0.15) is 19.3 Å². The number of nitrogens with zero attached hydrogens (tertiary/aromatic N) is 3. The first-order valence-corrected chi connectivity index (χ1v) is 11.5. The van der Waals surface area contributed by atoms with Crippen LogP contribution in [0.2, 0.25) is 0 Å². The molecule has 0 aliphatic carbocycles. The van der Waals surface area contributed by atoms with Crippen molar-refractivity contribution in [3.63, 3.8) is 0 Å². The molecule has 0 saturated carbocycles. The van der Waals surface area contributed by atoms with E-state index in [1.54, 1.807) is 6.92 Å². The molecule has 0 atom stereocenters. The summed E-state index contributed by atoms with van der Waals surface area (Å²) in [5, 5.41) is 19.5. The molecule has 0 saturated heterocycles. The zero-order valence-electron chi connectivity index (χ0n) is 18.7.